The monoisotopic (exact) mass is 306 g/mol. The van der Waals surface area contributed by atoms with Gasteiger partial charge < -0.3 is 14.4 Å². The first-order valence-electron chi connectivity index (χ1n) is 5.17. The third-order valence-corrected chi connectivity index (χ3v) is 2.67. The number of halogens is 2. The van der Waals surface area contributed by atoms with Crippen molar-refractivity contribution in [2.45, 2.75) is 0 Å². The lowest BCUT2D eigenvalue weighted by molar-refractivity contribution is -0.140. The number of rotatable bonds is 5. The zero-order chi connectivity index (χ0) is 14.4. The van der Waals surface area contributed by atoms with Crippen LogP contribution in [0.15, 0.2) is 12.3 Å². The van der Waals surface area contributed by atoms with Crippen molar-refractivity contribution >= 4 is 41.0 Å². The van der Waals surface area contributed by atoms with E-state index in [9.17, 15) is 9.59 Å². The highest BCUT2D eigenvalue weighted by molar-refractivity contribution is 6.36. The Bertz CT molecular complexity index is 464. The predicted octanol–water partition coefficient (Wildman–Crippen LogP) is 1.54. The second kappa shape index (κ2) is 7.16. The van der Waals surface area contributed by atoms with Crippen LogP contribution in [0.25, 0.3) is 0 Å². The van der Waals surface area contributed by atoms with Crippen molar-refractivity contribution in [3.05, 3.63) is 22.3 Å². The maximum Gasteiger partial charge on any atom is 0.325 e. The number of carbonyl (C=O) groups is 2. The van der Waals surface area contributed by atoms with Gasteiger partial charge in [0.25, 0.3) is 0 Å². The average molecular weight is 307 g/mol. The lowest BCUT2D eigenvalue weighted by Gasteiger charge is -2.21. The quantitative estimate of drug-likeness (QED) is 0.769. The number of pyridine rings is 1. The average Bonchev–Trinajstić information content (AvgIpc) is 2.37. The van der Waals surface area contributed by atoms with Gasteiger partial charge in [0, 0.05) is 6.20 Å². The van der Waals surface area contributed by atoms with Crippen molar-refractivity contribution < 1.29 is 19.1 Å². The lowest BCUT2D eigenvalue weighted by atomic mass is 10.4. The van der Waals surface area contributed by atoms with E-state index in [1.807, 2.05) is 0 Å². The van der Waals surface area contributed by atoms with Crippen LogP contribution < -0.4 is 4.90 Å². The van der Waals surface area contributed by atoms with Gasteiger partial charge in [-0.1, -0.05) is 23.2 Å². The highest BCUT2D eigenvalue weighted by Crippen LogP contribution is 2.25. The summed E-state index contributed by atoms with van der Waals surface area (Å²) >= 11 is 11.7. The van der Waals surface area contributed by atoms with Crippen LogP contribution in [0, 0.1) is 0 Å². The van der Waals surface area contributed by atoms with Gasteiger partial charge >= 0.3 is 11.9 Å². The first kappa shape index (κ1) is 15.5. The number of hydrogen-bond donors (Lipinski definition) is 0. The summed E-state index contributed by atoms with van der Waals surface area (Å²) in [4.78, 5) is 28.0. The Balaban J connectivity index is 3.00. The molecule has 0 bridgehead atoms. The molecule has 0 atom stereocenters. The maximum absolute atomic E-state index is 11.3. The minimum absolute atomic E-state index is 0.181. The number of aromatic nitrogens is 1. The Kier molecular flexibility index (Phi) is 5.85. The summed E-state index contributed by atoms with van der Waals surface area (Å²) in [5.74, 6) is -0.810. The molecule has 0 saturated carbocycles. The van der Waals surface area contributed by atoms with Gasteiger partial charge in [-0.05, 0) is 6.07 Å². The van der Waals surface area contributed by atoms with Gasteiger partial charge in [-0.3, -0.25) is 9.59 Å². The molecule has 1 aromatic heterocycles. The first-order valence-corrected chi connectivity index (χ1v) is 5.93. The summed E-state index contributed by atoms with van der Waals surface area (Å²) in [6.45, 7) is -0.361. The lowest BCUT2D eigenvalue weighted by Crippen LogP contribution is -2.36. The van der Waals surface area contributed by atoms with Crippen molar-refractivity contribution in [3.8, 4) is 0 Å². The Morgan fingerprint density at radius 2 is 1.74 bits per heavy atom. The third kappa shape index (κ3) is 4.57. The predicted molar refractivity (Wildman–Crippen MR) is 70.5 cm³/mol. The fourth-order valence-electron chi connectivity index (χ4n) is 1.29. The molecule has 0 radical (unpaired) electrons. The molecule has 0 aliphatic heterocycles. The summed E-state index contributed by atoms with van der Waals surface area (Å²) in [5.41, 5.74) is 0. The summed E-state index contributed by atoms with van der Waals surface area (Å²) in [6.07, 6.45) is 1.37. The largest absolute Gasteiger partial charge is 0.468 e. The van der Waals surface area contributed by atoms with Crippen LogP contribution >= 0.6 is 23.2 Å². The molecule has 0 aliphatic carbocycles. The summed E-state index contributed by atoms with van der Waals surface area (Å²) in [5, 5.41) is 0.574. The SMILES string of the molecule is COC(=O)CN(CC(=O)OC)c1ncc(Cl)cc1Cl. The second-order valence-corrected chi connectivity index (χ2v) is 4.31. The number of hydrogen-bond acceptors (Lipinski definition) is 6. The van der Waals surface area contributed by atoms with Gasteiger partial charge in [-0.25, -0.2) is 4.98 Å². The topological polar surface area (TPSA) is 68.7 Å². The van der Waals surface area contributed by atoms with Crippen molar-refractivity contribution in [1.82, 2.24) is 4.98 Å². The molecule has 0 spiro atoms. The molecule has 0 fully saturated rings. The highest BCUT2D eigenvalue weighted by atomic mass is 35.5. The second-order valence-electron chi connectivity index (χ2n) is 3.47. The Morgan fingerprint density at radius 3 is 2.16 bits per heavy atom. The number of anilines is 1. The van der Waals surface area contributed by atoms with Crippen molar-refractivity contribution in [2.75, 3.05) is 32.2 Å². The van der Waals surface area contributed by atoms with Gasteiger partial charge in [0.15, 0.2) is 0 Å². The van der Waals surface area contributed by atoms with Crippen molar-refractivity contribution in [2.24, 2.45) is 0 Å². The van der Waals surface area contributed by atoms with E-state index in [0.717, 1.165) is 0 Å². The number of esters is 2. The van der Waals surface area contributed by atoms with E-state index < -0.39 is 11.9 Å². The number of nitrogens with zero attached hydrogens (tertiary/aromatic N) is 2. The number of ether oxygens (including phenoxy) is 2. The Labute approximate surface area is 120 Å². The molecule has 0 saturated heterocycles. The highest BCUT2D eigenvalue weighted by Gasteiger charge is 2.19. The van der Waals surface area contributed by atoms with E-state index in [1.165, 1.54) is 31.4 Å². The molecule has 1 rings (SSSR count). The van der Waals surface area contributed by atoms with Crippen LogP contribution in [0.1, 0.15) is 0 Å². The van der Waals surface area contributed by atoms with Crippen LogP contribution in [0.4, 0.5) is 5.82 Å². The standard InChI is InChI=1S/C11H12Cl2N2O4/c1-18-9(16)5-15(6-10(17)19-2)11-8(13)3-7(12)4-14-11/h3-4H,5-6H2,1-2H3. The Morgan fingerprint density at radius 1 is 1.21 bits per heavy atom. The summed E-state index contributed by atoms with van der Waals surface area (Å²) < 4.78 is 9.10. The number of carbonyl (C=O) groups excluding carboxylic acids is 2. The fraction of sp³-hybridized carbons (Fsp3) is 0.364. The molecule has 0 aromatic carbocycles. The normalized spacial score (nSPS) is 9.89. The van der Waals surface area contributed by atoms with E-state index >= 15 is 0 Å². The molecule has 0 aliphatic rings. The van der Waals surface area contributed by atoms with E-state index in [0.29, 0.717) is 5.02 Å². The van der Waals surface area contributed by atoms with Crippen LogP contribution in [0.3, 0.4) is 0 Å². The summed E-state index contributed by atoms with van der Waals surface area (Å²) in [6, 6.07) is 1.47. The van der Waals surface area contributed by atoms with Gasteiger partial charge in [-0.15, -0.1) is 0 Å². The number of methoxy groups -OCH3 is 2. The van der Waals surface area contributed by atoms with Crippen LogP contribution in [-0.2, 0) is 19.1 Å². The molecule has 0 N–H and O–H groups in total. The molecular formula is C11H12Cl2N2O4. The smallest absolute Gasteiger partial charge is 0.325 e. The van der Waals surface area contributed by atoms with Crippen LogP contribution in [0.5, 0.6) is 0 Å². The third-order valence-electron chi connectivity index (χ3n) is 2.18. The van der Waals surface area contributed by atoms with E-state index in [2.05, 4.69) is 14.5 Å². The first-order chi connectivity index (χ1) is 8.97. The van der Waals surface area contributed by atoms with E-state index in [4.69, 9.17) is 23.2 Å². The molecular weight excluding hydrogens is 295 g/mol. The summed E-state index contributed by atoms with van der Waals surface area (Å²) in [7, 11) is 2.49. The van der Waals surface area contributed by atoms with Crippen molar-refractivity contribution in [1.29, 1.82) is 0 Å². The molecule has 0 amide bonds. The van der Waals surface area contributed by atoms with E-state index in [-0.39, 0.29) is 23.9 Å². The van der Waals surface area contributed by atoms with Gasteiger partial charge in [0.05, 0.1) is 24.3 Å². The zero-order valence-electron chi connectivity index (χ0n) is 10.4. The maximum atomic E-state index is 11.3. The van der Waals surface area contributed by atoms with Gasteiger partial charge in [0.2, 0.25) is 0 Å². The molecule has 6 nitrogen and oxygen atoms in total. The molecule has 104 valence electrons. The molecule has 19 heavy (non-hydrogen) atoms. The van der Waals surface area contributed by atoms with Crippen LogP contribution in [0.2, 0.25) is 10.0 Å². The van der Waals surface area contributed by atoms with Gasteiger partial charge in [0.1, 0.15) is 18.9 Å². The Hall–Kier alpha value is -1.53. The zero-order valence-corrected chi connectivity index (χ0v) is 11.9. The minimum atomic E-state index is -0.531. The molecule has 0 unspecified atom stereocenters. The molecule has 8 heteroatoms. The van der Waals surface area contributed by atoms with Gasteiger partial charge in [-0.2, -0.15) is 0 Å². The molecule has 1 aromatic rings. The molecule has 1 heterocycles. The van der Waals surface area contributed by atoms with Crippen LogP contribution in [-0.4, -0.2) is 44.2 Å². The van der Waals surface area contributed by atoms with Crippen molar-refractivity contribution in [3.63, 3.8) is 0 Å². The fourth-order valence-corrected chi connectivity index (χ4v) is 1.79. The minimum Gasteiger partial charge on any atom is -0.468 e. The van der Waals surface area contributed by atoms with E-state index in [1.54, 1.807) is 0 Å².